The van der Waals surface area contributed by atoms with Crippen molar-refractivity contribution in [2.24, 2.45) is 17.8 Å². The minimum absolute atomic E-state index is 0.0539. The Morgan fingerprint density at radius 3 is 1.17 bits per heavy atom. The number of hydrogen-bond acceptors (Lipinski definition) is 24. The molecule has 3 heterocycles. The van der Waals surface area contributed by atoms with Crippen LogP contribution in [0.15, 0.2) is 0 Å². The zero-order valence-corrected chi connectivity index (χ0v) is 50.1. The lowest BCUT2D eigenvalue weighted by molar-refractivity contribution is -0.282. The van der Waals surface area contributed by atoms with E-state index in [1.807, 2.05) is 0 Å². The Bertz CT molecular complexity index is 1900. The molecule has 3 rings (SSSR count). The first-order valence-electron chi connectivity index (χ1n) is 29.1. The molecule has 490 valence electrons. The number of carbonyl (C=O) groups is 5. The van der Waals surface area contributed by atoms with E-state index in [0.717, 1.165) is 0 Å². The number of ether oxygens (including phenoxy) is 8. The molecule has 3 aliphatic rings. The summed E-state index contributed by atoms with van der Waals surface area (Å²) >= 11 is 0. The molecular formula is C53H98N5O25P. The maximum Gasteiger partial charge on any atom is 0.330 e. The SMILES string of the molecule is CC1[C@H](OCCCNC(=O)CCOCC(CCC(=O)NCCCO[C@@H]2OC(CO)[C@H](O)[C@H](O)C2C)(COCCC(=O)NCCCO[C@@H]2OC(CO)[C@H](O)[C@H](O)C2C)NC(=O)CCCC(=O)NCCCOP(=O)(O)C(C)C)OC(CO)[C@H](O)[C@@H]1O. The molecule has 15 N–H and O–H groups in total. The van der Waals surface area contributed by atoms with Crippen molar-refractivity contribution in [3.63, 3.8) is 0 Å². The van der Waals surface area contributed by atoms with E-state index >= 15 is 0 Å². The predicted molar refractivity (Wildman–Crippen MR) is 295 cm³/mol. The smallest absolute Gasteiger partial charge is 0.330 e. The molecule has 0 aromatic carbocycles. The molecule has 0 aliphatic carbocycles. The Kier molecular flexibility index (Phi) is 35.4. The maximum atomic E-state index is 13.8. The number of aliphatic hydroxyl groups is 9. The van der Waals surface area contributed by atoms with Gasteiger partial charge >= 0.3 is 7.60 Å². The first-order valence-corrected chi connectivity index (χ1v) is 30.8. The average Bonchev–Trinajstić information content (AvgIpc) is 3.08. The van der Waals surface area contributed by atoms with Gasteiger partial charge in [0.15, 0.2) is 18.9 Å². The lowest BCUT2D eigenvalue weighted by atomic mass is 9.92. The minimum Gasteiger partial charge on any atom is -0.394 e. The molecule has 0 aromatic heterocycles. The molecule has 84 heavy (non-hydrogen) atoms. The van der Waals surface area contributed by atoms with Crippen molar-refractivity contribution in [3.05, 3.63) is 0 Å². The fourth-order valence-electron chi connectivity index (χ4n) is 9.03. The fourth-order valence-corrected chi connectivity index (χ4v) is 9.72. The van der Waals surface area contributed by atoms with Gasteiger partial charge in [-0.15, -0.1) is 0 Å². The van der Waals surface area contributed by atoms with E-state index in [4.69, 9.17) is 42.4 Å². The van der Waals surface area contributed by atoms with E-state index in [0.29, 0.717) is 19.3 Å². The second-order valence-electron chi connectivity index (χ2n) is 21.9. The Labute approximate surface area is 491 Å². The number of carbonyl (C=O) groups excluding carboxylic acids is 5. The van der Waals surface area contributed by atoms with Crippen molar-refractivity contribution >= 4 is 37.1 Å². The van der Waals surface area contributed by atoms with Crippen LogP contribution in [0.25, 0.3) is 0 Å². The molecule has 7 unspecified atom stereocenters. The van der Waals surface area contributed by atoms with Gasteiger partial charge in [0, 0.05) is 76.0 Å². The van der Waals surface area contributed by atoms with Crippen LogP contribution in [0.3, 0.4) is 0 Å². The fraction of sp³-hybridized carbons (Fsp3) is 0.906. The molecule has 16 atom stereocenters. The average molecular weight is 1240 g/mol. The summed E-state index contributed by atoms with van der Waals surface area (Å²) in [5, 5.41) is 104. The molecule has 3 aliphatic heterocycles. The number of aliphatic hydroxyl groups excluding tert-OH is 9. The predicted octanol–water partition coefficient (Wildman–Crippen LogP) is -3.48. The van der Waals surface area contributed by atoms with E-state index in [-0.39, 0.29) is 136 Å². The van der Waals surface area contributed by atoms with Crippen molar-refractivity contribution in [1.82, 2.24) is 26.6 Å². The molecule has 30 nitrogen and oxygen atoms in total. The Hall–Kier alpha value is -3.18. The van der Waals surface area contributed by atoms with Gasteiger partial charge in [-0.2, -0.15) is 0 Å². The largest absolute Gasteiger partial charge is 0.394 e. The van der Waals surface area contributed by atoms with E-state index in [1.165, 1.54) is 0 Å². The second kappa shape index (κ2) is 39.7. The summed E-state index contributed by atoms with van der Waals surface area (Å²) in [4.78, 5) is 75.6. The highest BCUT2D eigenvalue weighted by Crippen LogP contribution is 2.47. The van der Waals surface area contributed by atoms with Crippen LogP contribution in [0.1, 0.15) is 105 Å². The zero-order valence-electron chi connectivity index (χ0n) is 49.2. The monoisotopic (exact) mass is 1240 g/mol. The third-order valence-electron chi connectivity index (χ3n) is 14.7. The molecule has 0 saturated carbocycles. The first kappa shape index (κ1) is 75.1. The van der Waals surface area contributed by atoms with Crippen LogP contribution >= 0.6 is 7.60 Å². The van der Waals surface area contributed by atoms with Crippen molar-refractivity contribution in [2.75, 3.05) is 98.9 Å². The third kappa shape index (κ3) is 26.3. The maximum absolute atomic E-state index is 13.8. The highest BCUT2D eigenvalue weighted by atomic mass is 31.2. The number of rotatable bonds is 42. The molecule has 0 bridgehead atoms. The van der Waals surface area contributed by atoms with Gasteiger partial charge in [0.25, 0.3) is 0 Å². The third-order valence-corrected chi connectivity index (χ3v) is 16.5. The number of nitrogens with one attached hydrogen (secondary N) is 5. The van der Waals surface area contributed by atoms with Crippen LogP contribution in [0, 0.1) is 17.8 Å². The normalized spacial score (nSPS) is 29.5. The van der Waals surface area contributed by atoms with Gasteiger partial charge in [0.05, 0.1) is 102 Å². The summed E-state index contributed by atoms with van der Waals surface area (Å²) in [6.45, 7) is 6.46. The van der Waals surface area contributed by atoms with E-state index in [9.17, 15) is 79.4 Å². The highest BCUT2D eigenvalue weighted by molar-refractivity contribution is 7.53. The highest BCUT2D eigenvalue weighted by Gasteiger charge is 2.45. The van der Waals surface area contributed by atoms with Crippen LogP contribution in [0.5, 0.6) is 0 Å². The van der Waals surface area contributed by atoms with Crippen LogP contribution in [0.2, 0.25) is 0 Å². The van der Waals surface area contributed by atoms with E-state index < -0.39 is 154 Å². The first-order chi connectivity index (χ1) is 39.9. The Morgan fingerprint density at radius 1 is 0.476 bits per heavy atom. The summed E-state index contributed by atoms with van der Waals surface area (Å²) in [7, 11) is -3.77. The molecule has 5 amide bonds. The van der Waals surface area contributed by atoms with Gasteiger partial charge in [0.1, 0.15) is 36.6 Å². The molecule has 0 aromatic rings. The number of hydrogen-bond donors (Lipinski definition) is 15. The minimum atomic E-state index is -3.77. The van der Waals surface area contributed by atoms with E-state index in [2.05, 4.69) is 26.6 Å². The van der Waals surface area contributed by atoms with Gasteiger partial charge in [-0.05, 0) is 38.5 Å². The molecule has 3 fully saturated rings. The van der Waals surface area contributed by atoms with Gasteiger partial charge in [-0.1, -0.05) is 34.6 Å². The van der Waals surface area contributed by atoms with Crippen molar-refractivity contribution in [2.45, 2.75) is 190 Å². The lowest BCUT2D eigenvalue weighted by Crippen LogP contribution is -2.56. The molecule has 3 saturated heterocycles. The zero-order chi connectivity index (χ0) is 62.4. The lowest BCUT2D eigenvalue weighted by Gasteiger charge is -2.40. The summed E-state index contributed by atoms with van der Waals surface area (Å²) < 4.78 is 63.1. The van der Waals surface area contributed by atoms with Crippen molar-refractivity contribution in [3.8, 4) is 0 Å². The Balaban J connectivity index is 1.64. The van der Waals surface area contributed by atoms with E-state index in [1.54, 1.807) is 34.6 Å². The quantitative estimate of drug-likeness (QED) is 0.0208. The van der Waals surface area contributed by atoms with Gasteiger partial charge < -0.3 is 120 Å². The number of amides is 5. The van der Waals surface area contributed by atoms with Gasteiger partial charge in [-0.3, -0.25) is 28.5 Å². The van der Waals surface area contributed by atoms with Crippen LogP contribution in [-0.4, -0.2) is 264 Å². The van der Waals surface area contributed by atoms with Crippen LogP contribution in [-0.2, 0) is 71.0 Å². The summed E-state index contributed by atoms with van der Waals surface area (Å²) in [6, 6.07) is 0. The molecular weight excluding hydrogens is 1140 g/mol. The van der Waals surface area contributed by atoms with Crippen molar-refractivity contribution < 1.29 is 122 Å². The topological polar surface area (TPSA) is 448 Å². The summed E-state index contributed by atoms with van der Waals surface area (Å²) in [6.07, 6.45) is -12.6. The summed E-state index contributed by atoms with van der Waals surface area (Å²) in [5.74, 6) is -3.95. The van der Waals surface area contributed by atoms with Gasteiger partial charge in [-0.25, -0.2) is 0 Å². The van der Waals surface area contributed by atoms with Crippen molar-refractivity contribution in [1.29, 1.82) is 0 Å². The van der Waals surface area contributed by atoms with Crippen LogP contribution < -0.4 is 26.6 Å². The van der Waals surface area contributed by atoms with Crippen LogP contribution in [0.4, 0.5) is 0 Å². The summed E-state index contributed by atoms with van der Waals surface area (Å²) in [5.41, 5.74) is -2.03. The second-order valence-corrected chi connectivity index (χ2v) is 24.3. The van der Waals surface area contributed by atoms with Gasteiger partial charge in [0.2, 0.25) is 29.5 Å². The molecule has 0 spiro atoms. The molecule has 0 radical (unpaired) electrons. The Morgan fingerprint density at radius 2 is 0.810 bits per heavy atom. The molecule has 31 heteroatoms. The standard InChI is InChI=1S/C53H98N5O25P/c1-32(2)84(73,74)80-24-10-20-54-39(62)11-6-12-43(66)58-53(16-13-40(63)55-17-7-21-77-50-33(3)44(67)47(70)36(27-59)81-50,30-75-25-14-41(64)56-18-8-22-78-51-34(4)45(68)48(71)37(28-60)82-51)31-76-26-15-42(65)57-19-9-23-79-52-35(5)46(69)49(72)38(29-61)83-52/h32-38,44-52,59-61,67-72H,6-31H2,1-5H3,(H,54,62)(H,55,63)(H,56,64)(H,57,65)(H,58,66)(H,73,74)/t33?,34?,35?,36?,37?,38?,44-,45-,46-,47+,48+,49+,50-,51-,52-,53?/m1/s1.